The maximum absolute atomic E-state index is 12.1. The minimum Gasteiger partial charge on any atom is -0.456 e. The monoisotopic (exact) mass is 404 g/mol. The van der Waals surface area contributed by atoms with Crippen LogP contribution in [0, 0.1) is 10.1 Å². The van der Waals surface area contributed by atoms with Crippen LogP contribution in [0.2, 0.25) is 0 Å². The number of nitro benzene ring substituents is 1. The maximum atomic E-state index is 12.1. The third-order valence-corrected chi connectivity index (χ3v) is 4.53. The molecule has 0 aliphatic rings. The summed E-state index contributed by atoms with van der Waals surface area (Å²) in [5.41, 5.74) is 1.63. The summed E-state index contributed by atoms with van der Waals surface area (Å²) < 4.78 is 11.1. The van der Waals surface area contributed by atoms with Crippen molar-refractivity contribution in [1.29, 1.82) is 0 Å². The zero-order chi connectivity index (χ0) is 21.1. The van der Waals surface area contributed by atoms with Crippen molar-refractivity contribution in [3.05, 3.63) is 82.4 Å². The number of hydrogen-bond acceptors (Lipinski definition) is 6. The van der Waals surface area contributed by atoms with Crippen molar-refractivity contribution in [3.63, 3.8) is 0 Å². The average Bonchev–Trinajstić information content (AvgIpc) is 3.12. The Morgan fingerprint density at radius 3 is 2.47 bits per heavy atom. The lowest BCUT2D eigenvalue weighted by Crippen LogP contribution is -2.27. The quantitative estimate of drug-likeness (QED) is 0.223. The van der Waals surface area contributed by atoms with E-state index in [1.165, 1.54) is 24.3 Å². The molecule has 4 rings (SSSR count). The number of furan rings is 1. The molecular weight excluding hydrogens is 388 g/mol. The Balaban J connectivity index is 1.34. The van der Waals surface area contributed by atoms with Crippen molar-refractivity contribution in [1.82, 2.24) is 5.32 Å². The van der Waals surface area contributed by atoms with E-state index in [9.17, 15) is 19.7 Å². The number of ether oxygens (including phenoxy) is 1. The molecule has 4 aromatic rings. The second-order valence-corrected chi connectivity index (χ2v) is 6.54. The molecule has 8 nitrogen and oxygen atoms in total. The lowest BCUT2D eigenvalue weighted by atomic mass is 10.1. The first-order valence-corrected chi connectivity index (χ1v) is 9.16. The Bertz CT molecular complexity index is 1260. The summed E-state index contributed by atoms with van der Waals surface area (Å²) in [6, 6.07) is 17.9. The minimum atomic E-state index is -0.540. The molecule has 1 heterocycles. The van der Waals surface area contributed by atoms with Gasteiger partial charge in [0.2, 0.25) is 0 Å². The van der Waals surface area contributed by atoms with Gasteiger partial charge in [0.15, 0.2) is 0 Å². The zero-order valence-corrected chi connectivity index (χ0v) is 15.7. The highest BCUT2D eigenvalue weighted by molar-refractivity contribution is 6.05. The van der Waals surface area contributed by atoms with Gasteiger partial charge in [-0.05, 0) is 36.4 Å². The lowest BCUT2D eigenvalue weighted by molar-refractivity contribution is -0.384. The predicted octanol–water partition coefficient (Wildman–Crippen LogP) is 4.22. The van der Waals surface area contributed by atoms with Gasteiger partial charge in [-0.25, -0.2) is 0 Å². The molecule has 0 saturated carbocycles. The smallest absolute Gasteiger partial charge is 0.312 e. The summed E-state index contributed by atoms with van der Waals surface area (Å²) in [5, 5.41) is 15.0. The fourth-order valence-corrected chi connectivity index (χ4v) is 3.07. The molecule has 0 spiro atoms. The number of rotatable bonds is 6. The predicted molar refractivity (Wildman–Crippen MR) is 109 cm³/mol. The van der Waals surface area contributed by atoms with E-state index < -0.39 is 16.8 Å². The highest BCUT2D eigenvalue weighted by Gasteiger charge is 2.12. The van der Waals surface area contributed by atoms with Gasteiger partial charge >= 0.3 is 5.97 Å². The molecule has 0 unspecified atom stereocenters. The SMILES string of the molecule is O=C(CCNC(=O)c1ccc([N+](=O)[O-])cc1)Oc1ccc2oc3ccccc3c2c1. The summed E-state index contributed by atoms with van der Waals surface area (Å²) in [7, 11) is 0. The highest BCUT2D eigenvalue weighted by Crippen LogP contribution is 2.31. The van der Waals surface area contributed by atoms with Crippen LogP contribution in [0.25, 0.3) is 21.9 Å². The molecule has 0 bridgehead atoms. The fraction of sp³-hybridized carbons (Fsp3) is 0.0909. The molecule has 0 atom stereocenters. The van der Waals surface area contributed by atoms with Crippen LogP contribution in [0.3, 0.4) is 0 Å². The number of nitrogens with one attached hydrogen (secondary N) is 1. The largest absolute Gasteiger partial charge is 0.456 e. The van der Waals surface area contributed by atoms with E-state index in [0.29, 0.717) is 11.3 Å². The summed E-state index contributed by atoms with van der Waals surface area (Å²) in [4.78, 5) is 34.3. The number of carbonyl (C=O) groups is 2. The van der Waals surface area contributed by atoms with Crippen molar-refractivity contribution < 1.29 is 23.7 Å². The number of non-ortho nitro benzene ring substituents is 1. The number of amides is 1. The van der Waals surface area contributed by atoms with Crippen LogP contribution in [0.4, 0.5) is 5.69 Å². The van der Waals surface area contributed by atoms with Crippen LogP contribution in [0.5, 0.6) is 5.75 Å². The standard InChI is InChI=1S/C22H16N2O6/c25-21(11-12-23-22(26)14-5-7-15(8-6-14)24(27)28)29-16-9-10-20-18(13-16)17-3-1-2-4-19(17)30-20/h1-10,13H,11-12H2,(H,23,26). The van der Waals surface area contributed by atoms with Gasteiger partial charge in [0.1, 0.15) is 16.9 Å². The molecule has 1 aromatic heterocycles. The first kappa shape index (κ1) is 19.1. The number of benzene rings is 3. The molecule has 150 valence electrons. The molecule has 0 aliphatic carbocycles. The molecule has 0 aliphatic heterocycles. The molecular formula is C22H16N2O6. The maximum Gasteiger partial charge on any atom is 0.312 e. The van der Waals surface area contributed by atoms with Crippen LogP contribution >= 0.6 is 0 Å². The normalized spacial score (nSPS) is 10.8. The van der Waals surface area contributed by atoms with Gasteiger partial charge in [-0.3, -0.25) is 19.7 Å². The second-order valence-electron chi connectivity index (χ2n) is 6.54. The molecule has 1 amide bonds. The molecule has 8 heteroatoms. The van der Waals surface area contributed by atoms with E-state index in [4.69, 9.17) is 9.15 Å². The first-order chi connectivity index (χ1) is 14.5. The van der Waals surface area contributed by atoms with Gasteiger partial charge in [0.25, 0.3) is 11.6 Å². The molecule has 30 heavy (non-hydrogen) atoms. The van der Waals surface area contributed by atoms with E-state index >= 15 is 0 Å². The number of para-hydroxylation sites is 1. The molecule has 0 saturated heterocycles. The van der Waals surface area contributed by atoms with Gasteiger partial charge in [0.05, 0.1) is 11.3 Å². The number of hydrogen-bond donors (Lipinski definition) is 1. The van der Waals surface area contributed by atoms with E-state index in [-0.39, 0.29) is 24.2 Å². The van der Waals surface area contributed by atoms with Gasteiger partial charge in [0, 0.05) is 35.0 Å². The van der Waals surface area contributed by atoms with Crippen LogP contribution < -0.4 is 10.1 Å². The summed E-state index contributed by atoms with van der Waals surface area (Å²) in [5.74, 6) is -0.532. The van der Waals surface area contributed by atoms with Crippen molar-refractivity contribution in [2.75, 3.05) is 6.54 Å². The molecule has 0 fully saturated rings. The first-order valence-electron chi connectivity index (χ1n) is 9.16. The van der Waals surface area contributed by atoms with Crippen LogP contribution in [0.15, 0.2) is 71.1 Å². The van der Waals surface area contributed by atoms with Crippen LogP contribution in [-0.2, 0) is 4.79 Å². The number of carbonyl (C=O) groups excluding carboxylic acids is 2. The Morgan fingerprint density at radius 1 is 0.967 bits per heavy atom. The Labute approximate surface area is 170 Å². The van der Waals surface area contributed by atoms with Gasteiger partial charge < -0.3 is 14.5 Å². The van der Waals surface area contributed by atoms with Crippen LogP contribution in [0.1, 0.15) is 16.8 Å². The number of nitro groups is 1. The Kier molecular flexibility index (Phi) is 5.13. The van der Waals surface area contributed by atoms with E-state index in [0.717, 1.165) is 16.4 Å². The number of esters is 1. The topological polar surface area (TPSA) is 112 Å². The van der Waals surface area contributed by atoms with Crippen molar-refractivity contribution in [3.8, 4) is 5.75 Å². The Hall–Kier alpha value is -4.20. The molecule has 3 aromatic carbocycles. The zero-order valence-electron chi connectivity index (χ0n) is 15.7. The third kappa shape index (κ3) is 3.97. The minimum absolute atomic E-state index is 0.0249. The summed E-state index contributed by atoms with van der Waals surface area (Å²) in [6.45, 7) is 0.0749. The van der Waals surface area contributed by atoms with E-state index in [1.54, 1.807) is 18.2 Å². The van der Waals surface area contributed by atoms with E-state index in [1.807, 2.05) is 24.3 Å². The Morgan fingerprint density at radius 2 is 1.70 bits per heavy atom. The summed E-state index contributed by atoms with van der Waals surface area (Å²) >= 11 is 0. The highest BCUT2D eigenvalue weighted by atomic mass is 16.6. The van der Waals surface area contributed by atoms with Crippen LogP contribution in [-0.4, -0.2) is 23.3 Å². The van der Waals surface area contributed by atoms with Crippen molar-refractivity contribution in [2.24, 2.45) is 0 Å². The third-order valence-electron chi connectivity index (χ3n) is 4.53. The average molecular weight is 404 g/mol. The summed E-state index contributed by atoms with van der Waals surface area (Å²) in [6.07, 6.45) is -0.0249. The molecule has 0 radical (unpaired) electrons. The van der Waals surface area contributed by atoms with Gasteiger partial charge in [-0.15, -0.1) is 0 Å². The number of fused-ring (bicyclic) bond motifs is 3. The van der Waals surface area contributed by atoms with Gasteiger partial charge in [-0.1, -0.05) is 18.2 Å². The fourth-order valence-electron chi connectivity index (χ4n) is 3.07. The van der Waals surface area contributed by atoms with Crippen molar-refractivity contribution >= 4 is 39.5 Å². The second kappa shape index (κ2) is 8.04. The van der Waals surface area contributed by atoms with Crippen molar-refractivity contribution in [2.45, 2.75) is 6.42 Å². The molecule has 1 N–H and O–H groups in total. The van der Waals surface area contributed by atoms with Gasteiger partial charge in [-0.2, -0.15) is 0 Å². The lowest BCUT2D eigenvalue weighted by Gasteiger charge is -2.06. The van der Waals surface area contributed by atoms with E-state index in [2.05, 4.69) is 5.32 Å². The number of nitrogens with zero attached hydrogens (tertiary/aromatic N) is 1.